The van der Waals surface area contributed by atoms with Crippen LogP contribution in [0.2, 0.25) is 0 Å². The maximum Gasteiger partial charge on any atom is 0.264 e. The van der Waals surface area contributed by atoms with Gasteiger partial charge in [-0.3, -0.25) is 9.10 Å². The number of hydrogen-bond acceptors (Lipinski definition) is 4. The van der Waals surface area contributed by atoms with Crippen LogP contribution in [0.25, 0.3) is 0 Å². The van der Waals surface area contributed by atoms with E-state index in [4.69, 9.17) is 0 Å². The van der Waals surface area contributed by atoms with E-state index in [1.54, 1.807) is 12.1 Å². The summed E-state index contributed by atoms with van der Waals surface area (Å²) in [5, 5.41) is 2.98. The molecule has 0 bridgehead atoms. The largest absolute Gasteiger partial charge is 0.360 e. The number of carbonyl (C=O) groups excluding carboxylic acids is 1. The molecule has 1 heterocycles. The van der Waals surface area contributed by atoms with Gasteiger partial charge in [-0.2, -0.15) is 0 Å². The van der Waals surface area contributed by atoms with E-state index in [9.17, 15) is 13.2 Å². The second-order valence-corrected chi connectivity index (χ2v) is 7.28. The molecule has 0 amide bonds. The summed E-state index contributed by atoms with van der Waals surface area (Å²) in [4.78, 5) is 12.6. The Hall–Kier alpha value is -2.60. The maximum atomic E-state index is 12.6. The number of sulfonamides is 1. The number of benzene rings is 2. The highest BCUT2D eigenvalue weighted by molar-refractivity contribution is 7.89. The molecule has 0 aromatic heterocycles. The Kier molecular flexibility index (Phi) is 3.69. The van der Waals surface area contributed by atoms with Gasteiger partial charge in [-0.15, -0.1) is 0 Å². The summed E-state index contributed by atoms with van der Waals surface area (Å²) in [5.74, 6) is -0.322. The second-order valence-electron chi connectivity index (χ2n) is 5.34. The molecule has 5 nitrogen and oxygen atoms in total. The maximum absolute atomic E-state index is 12.6. The zero-order chi connectivity index (χ0) is 16.6. The lowest BCUT2D eigenvalue weighted by molar-refractivity contribution is 0.100. The molecule has 2 aromatic rings. The number of nitrogens with one attached hydrogen (secondary N) is 1. The van der Waals surface area contributed by atoms with E-state index in [2.05, 4.69) is 5.32 Å². The predicted molar refractivity (Wildman–Crippen MR) is 88.6 cm³/mol. The molecular weight excluding hydrogens is 312 g/mol. The van der Waals surface area contributed by atoms with Gasteiger partial charge in [0.15, 0.2) is 0 Å². The highest BCUT2D eigenvalue weighted by Gasteiger charge is 2.36. The Morgan fingerprint density at radius 2 is 1.70 bits per heavy atom. The van der Waals surface area contributed by atoms with Gasteiger partial charge in [0.05, 0.1) is 4.90 Å². The fraction of sp³-hybridized carbons (Fsp3) is 0.118. The third-order valence-corrected chi connectivity index (χ3v) is 5.60. The van der Waals surface area contributed by atoms with Crippen LogP contribution in [0.1, 0.15) is 15.9 Å². The number of fused-ring (bicyclic) bond motifs is 1. The minimum Gasteiger partial charge on any atom is -0.360 e. The van der Waals surface area contributed by atoms with Crippen LogP contribution in [0.3, 0.4) is 0 Å². The van der Waals surface area contributed by atoms with Crippen molar-refractivity contribution in [3.63, 3.8) is 0 Å². The summed E-state index contributed by atoms with van der Waals surface area (Å²) in [5.41, 5.74) is 2.18. The SMILES string of the molecule is Cc1ccc(NC=C2C(=O)c3ccccc3S(=O)(=O)N2C)cc1. The number of carbonyl (C=O) groups is 1. The molecule has 6 heteroatoms. The standard InChI is InChI=1S/C17H16N2O3S/c1-12-7-9-13(10-8-12)18-11-15-17(20)14-5-3-4-6-16(14)23(21,22)19(15)2/h3-11,18H,1-2H3. The van der Waals surface area contributed by atoms with Gasteiger partial charge in [0.2, 0.25) is 5.78 Å². The van der Waals surface area contributed by atoms with Crippen molar-refractivity contribution in [3.05, 3.63) is 71.6 Å². The van der Waals surface area contributed by atoms with Gasteiger partial charge in [0, 0.05) is 24.5 Å². The number of likely N-dealkylation sites (N-methyl/N-ethyl adjacent to an activating group) is 1. The van der Waals surface area contributed by atoms with Crippen LogP contribution < -0.4 is 5.32 Å². The molecule has 0 aliphatic carbocycles. The topological polar surface area (TPSA) is 66.5 Å². The lowest BCUT2D eigenvalue weighted by atomic mass is 10.1. The van der Waals surface area contributed by atoms with Crippen LogP contribution in [-0.4, -0.2) is 25.6 Å². The fourth-order valence-electron chi connectivity index (χ4n) is 2.40. The fourth-order valence-corrected chi connectivity index (χ4v) is 3.77. The Morgan fingerprint density at radius 3 is 2.39 bits per heavy atom. The van der Waals surface area contributed by atoms with Crippen molar-refractivity contribution >= 4 is 21.5 Å². The highest BCUT2D eigenvalue weighted by atomic mass is 32.2. The van der Waals surface area contributed by atoms with Crippen molar-refractivity contribution in [3.8, 4) is 0 Å². The minimum absolute atomic E-state index is 0.0417. The number of allylic oxidation sites excluding steroid dienone is 1. The van der Waals surface area contributed by atoms with E-state index in [0.29, 0.717) is 0 Å². The molecule has 0 atom stereocenters. The predicted octanol–water partition coefficient (Wildman–Crippen LogP) is 2.77. The number of rotatable bonds is 2. The monoisotopic (exact) mass is 328 g/mol. The zero-order valence-electron chi connectivity index (χ0n) is 12.8. The molecule has 0 fully saturated rings. The Morgan fingerprint density at radius 1 is 1.04 bits per heavy atom. The van der Waals surface area contributed by atoms with Crippen molar-refractivity contribution in [1.29, 1.82) is 0 Å². The van der Waals surface area contributed by atoms with Gasteiger partial charge in [-0.1, -0.05) is 29.8 Å². The summed E-state index contributed by atoms with van der Waals surface area (Å²) in [6.45, 7) is 1.98. The van der Waals surface area contributed by atoms with Crippen LogP contribution in [0, 0.1) is 6.92 Å². The molecule has 0 radical (unpaired) electrons. The summed E-state index contributed by atoms with van der Waals surface area (Å²) in [6, 6.07) is 13.8. The molecule has 1 aliphatic heterocycles. The second kappa shape index (κ2) is 5.55. The van der Waals surface area contributed by atoms with E-state index in [0.717, 1.165) is 15.6 Å². The number of aryl methyl sites for hydroxylation is 1. The molecule has 2 aromatic carbocycles. The van der Waals surface area contributed by atoms with Crippen molar-refractivity contribution in [2.75, 3.05) is 12.4 Å². The average Bonchev–Trinajstić information content (AvgIpc) is 2.55. The lowest BCUT2D eigenvalue weighted by Crippen LogP contribution is -2.36. The highest BCUT2D eigenvalue weighted by Crippen LogP contribution is 2.30. The molecule has 23 heavy (non-hydrogen) atoms. The number of anilines is 1. The number of ketones is 1. The summed E-state index contributed by atoms with van der Waals surface area (Å²) in [7, 11) is -2.33. The van der Waals surface area contributed by atoms with Crippen molar-refractivity contribution < 1.29 is 13.2 Å². The molecule has 1 N–H and O–H groups in total. The van der Waals surface area contributed by atoms with E-state index in [-0.39, 0.29) is 21.9 Å². The van der Waals surface area contributed by atoms with Gasteiger partial charge in [0.25, 0.3) is 10.0 Å². The van der Waals surface area contributed by atoms with Crippen LogP contribution >= 0.6 is 0 Å². The van der Waals surface area contributed by atoms with Crippen LogP contribution in [0.15, 0.2) is 65.3 Å². The first-order valence-electron chi connectivity index (χ1n) is 7.07. The Balaban J connectivity index is 2.02. The van der Waals surface area contributed by atoms with Gasteiger partial charge >= 0.3 is 0 Å². The van der Waals surface area contributed by atoms with Crippen LogP contribution in [0.5, 0.6) is 0 Å². The molecule has 0 spiro atoms. The van der Waals surface area contributed by atoms with Crippen molar-refractivity contribution in [2.45, 2.75) is 11.8 Å². The summed E-state index contributed by atoms with van der Waals surface area (Å²) < 4.78 is 26.1. The smallest absolute Gasteiger partial charge is 0.264 e. The van der Waals surface area contributed by atoms with Gasteiger partial charge in [0.1, 0.15) is 5.70 Å². The first-order valence-corrected chi connectivity index (χ1v) is 8.51. The van der Waals surface area contributed by atoms with Crippen molar-refractivity contribution in [1.82, 2.24) is 4.31 Å². The number of nitrogens with zero attached hydrogens (tertiary/aromatic N) is 1. The zero-order valence-corrected chi connectivity index (χ0v) is 13.6. The molecule has 118 valence electrons. The van der Waals surface area contributed by atoms with Crippen LogP contribution in [-0.2, 0) is 10.0 Å². The van der Waals surface area contributed by atoms with Crippen LogP contribution in [0.4, 0.5) is 5.69 Å². The van der Waals surface area contributed by atoms with Gasteiger partial charge < -0.3 is 5.32 Å². The quantitative estimate of drug-likeness (QED) is 0.861. The Bertz CT molecular complexity index is 900. The minimum atomic E-state index is -3.71. The van der Waals surface area contributed by atoms with Gasteiger partial charge in [-0.25, -0.2) is 8.42 Å². The molecular formula is C17H16N2O3S. The lowest BCUT2D eigenvalue weighted by Gasteiger charge is -2.27. The van der Waals surface area contributed by atoms with E-state index >= 15 is 0 Å². The van der Waals surface area contributed by atoms with E-state index in [1.165, 1.54) is 25.4 Å². The van der Waals surface area contributed by atoms with E-state index < -0.39 is 10.0 Å². The van der Waals surface area contributed by atoms with Gasteiger partial charge in [-0.05, 0) is 31.2 Å². The average molecular weight is 328 g/mol. The summed E-state index contributed by atoms with van der Waals surface area (Å²) >= 11 is 0. The first kappa shape index (κ1) is 15.3. The Labute approximate surface area is 135 Å². The molecule has 0 unspecified atom stereocenters. The third kappa shape index (κ3) is 2.61. The first-order chi connectivity index (χ1) is 10.9. The normalized spacial score (nSPS) is 17.9. The number of Topliss-reactive ketones (excluding diaryl/α,β-unsaturated/α-hetero) is 1. The van der Waals surface area contributed by atoms with E-state index in [1.807, 2.05) is 31.2 Å². The molecule has 3 rings (SSSR count). The summed E-state index contributed by atoms with van der Waals surface area (Å²) in [6.07, 6.45) is 1.43. The van der Waals surface area contributed by atoms with Crippen molar-refractivity contribution in [2.24, 2.45) is 0 Å². The molecule has 1 aliphatic rings. The third-order valence-electron chi connectivity index (χ3n) is 3.77. The molecule has 0 saturated heterocycles. The number of hydrogen-bond donors (Lipinski definition) is 1. The molecule has 0 saturated carbocycles.